The van der Waals surface area contributed by atoms with E-state index in [4.69, 9.17) is 14.2 Å². The lowest BCUT2D eigenvalue weighted by Crippen LogP contribution is -2.60. The number of ketones is 3. The van der Waals surface area contributed by atoms with Crippen LogP contribution in [0.25, 0.3) is 11.1 Å². The van der Waals surface area contributed by atoms with Crippen LogP contribution in [0.1, 0.15) is 128 Å². The first-order chi connectivity index (χ1) is 42.2. The molecule has 4 aliphatic rings. The Morgan fingerprint density at radius 3 is 2.08 bits per heavy atom. The number of aromatic hydroxyl groups is 2. The molecule has 2 aliphatic carbocycles. The molecule has 478 valence electrons. The lowest BCUT2D eigenvalue weighted by atomic mass is 9.72. The van der Waals surface area contributed by atoms with Crippen molar-refractivity contribution in [3.8, 4) is 28.4 Å². The maximum Gasteiger partial charge on any atom is 0.243 e. The molecule has 10 N–H and O–H groups in total. The Morgan fingerprint density at radius 1 is 0.787 bits per heavy atom. The van der Waals surface area contributed by atoms with E-state index in [9.17, 15) is 68.7 Å². The number of likely N-dealkylation sites (N-methyl/N-ethyl adjacent to an activating group) is 1. The number of ether oxygens (including phenoxy) is 3. The van der Waals surface area contributed by atoms with Gasteiger partial charge in [0.1, 0.15) is 59.7 Å². The number of likely N-dealkylation sites (tertiary alicyclic amines) is 1. The van der Waals surface area contributed by atoms with Gasteiger partial charge in [-0.1, -0.05) is 94.4 Å². The number of carbonyl (C=O) groups excluding carboxylic acids is 9. The van der Waals surface area contributed by atoms with Crippen molar-refractivity contribution in [2.45, 2.75) is 146 Å². The number of methoxy groups -OCH3 is 1. The number of aliphatic hydroxyl groups is 3. The Bertz CT molecular complexity index is 3340. The van der Waals surface area contributed by atoms with Crippen molar-refractivity contribution in [1.82, 2.24) is 36.4 Å². The fourth-order valence-corrected chi connectivity index (χ4v) is 12.2. The molecule has 24 nitrogen and oxygen atoms in total. The maximum absolute atomic E-state index is 14.7. The topological polar surface area (TPSA) is 349 Å². The van der Waals surface area contributed by atoms with Crippen molar-refractivity contribution in [3.63, 3.8) is 0 Å². The molecule has 0 bridgehead atoms. The highest BCUT2D eigenvalue weighted by Crippen LogP contribution is 2.52. The Labute approximate surface area is 516 Å². The van der Waals surface area contributed by atoms with Crippen LogP contribution in [0.15, 0.2) is 72.8 Å². The van der Waals surface area contributed by atoms with Crippen molar-refractivity contribution in [3.05, 3.63) is 112 Å². The summed E-state index contributed by atoms with van der Waals surface area (Å²) in [5.41, 5.74) is -2.08. The molecule has 2 fully saturated rings. The zero-order chi connectivity index (χ0) is 64.8. The molecule has 2 heterocycles. The summed E-state index contributed by atoms with van der Waals surface area (Å²) < 4.78 is 17.9. The zero-order valence-corrected chi connectivity index (χ0v) is 51.3. The molecule has 0 radical (unpaired) electrons. The molecular weight excluding hydrogens is 1150 g/mol. The number of phenols is 2. The second-order valence-electron chi connectivity index (χ2n) is 24.6. The van der Waals surface area contributed by atoms with Gasteiger partial charge in [-0.05, 0) is 81.3 Å². The monoisotopic (exact) mass is 1230 g/mol. The average Bonchev–Trinajstić information content (AvgIpc) is 1.01. The Kier molecular flexibility index (Phi) is 21.4. The van der Waals surface area contributed by atoms with Gasteiger partial charge in [0.2, 0.25) is 41.2 Å². The highest BCUT2D eigenvalue weighted by Gasteiger charge is 2.51. The number of hydrogen-bond acceptors (Lipinski definition) is 18. The van der Waals surface area contributed by atoms with Crippen LogP contribution in [0, 0.1) is 11.8 Å². The van der Waals surface area contributed by atoms with E-state index < -0.39 is 156 Å². The van der Waals surface area contributed by atoms with Gasteiger partial charge in [0.15, 0.2) is 17.9 Å². The van der Waals surface area contributed by atoms with Crippen LogP contribution in [0.2, 0.25) is 0 Å². The van der Waals surface area contributed by atoms with E-state index in [1.807, 2.05) is 70.2 Å². The van der Waals surface area contributed by atoms with Crippen molar-refractivity contribution in [1.29, 1.82) is 0 Å². The third kappa shape index (κ3) is 15.1. The molecule has 10 atom stereocenters. The van der Waals surface area contributed by atoms with E-state index in [-0.39, 0.29) is 78.0 Å². The van der Waals surface area contributed by atoms with Gasteiger partial charge < -0.3 is 76.1 Å². The van der Waals surface area contributed by atoms with Crippen LogP contribution in [-0.2, 0) is 55.9 Å². The summed E-state index contributed by atoms with van der Waals surface area (Å²) in [5, 5.41) is 71.1. The molecule has 89 heavy (non-hydrogen) atoms. The molecular formula is C65H81N7O17. The summed E-state index contributed by atoms with van der Waals surface area (Å²) in [6, 6.07) is 15.5. The number of phenolic OH excluding ortho intramolecular Hbond substituents is 2. The van der Waals surface area contributed by atoms with E-state index in [2.05, 4.69) is 26.6 Å². The van der Waals surface area contributed by atoms with Crippen molar-refractivity contribution >= 4 is 52.8 Å². The number of aliphatic hydroxyl groups excluding tert-OH is 2. The minimum Gasteiger partial charge on any atom is -0.507 e. The molecule has 4 aromatic rings. The number of hydrogen-bond donors (Lipinski definition) is 10. The minimum absolute atomic E-state index is 0.0135. The fraction of sp³-hybridized carbons (Fsp3) is 0.492. The van der Waals surface area contributed by atoms with Gasteiger partial charge in [-0.25, -0.2) is 0 Å². The van der Waals surface area contributed by atoms with Crippen molar-refractivity contribution in [2.24, 2.45) is 11.8 Å². The lowest BCUT2D eigenvalue weighted by Gasteiger charge is -2.43. The molecule has 4 aromatic carbocycles. The number of rotatable bonds is 24. The predicted molar refractivity (Wildman–Crippen MR) is 322 cm³/mol. The first-order valence-corrected chi connectivity index (χ1v) is 30.0. The van der Waals surface area contributed by atoms with Gasteiger partial charge in [0.25, 0.3) is 0 Å². The third-order valence-electron chi connectivity index (χ3n) is 16.7. The van der Waals surface area contributed by atoms with E-state index in [0.29, 0.717) is 24.9 Å². The molecule has 24 heteroatoms. The van der Waals surface area contributed by atoms with Gasteiger partial charge in [-0.3, -0.25) is 43.2 Å². The SMILES string of the molecule is COc1cccc2c1C(=O)c1c(O)c3c(c(O)c1C2=O)C[C@@](O)(C(=O)CO)C[C@@H]3O[C@H]1C[C@H](NC(=O)[C@H](CC(C)C)NC(=O)[C@H](Cc2ccc(-c3ccccc3)cc2)NC(=O)CNC(=O)[C@H](CC(C)C)NC(=O)[C@@H]2CCCN2C(=O)CN(C)C)[C@H](O)[C@H](C)O1. The standard InChI is InChI=1S/C65H81N7O17/c1-33(2)24-42(70-64(85)45-17-13-23-72(45)50(76)31-71(6)7)61(82)66-30-49(75)67-44(26-36-19-21-38(22-20-36)37-14-10-9-11-15-37)63(84)69-43(25-34(3)4)62(83)68-41-27-51(88-35(5)56(41)77)89-47-29-65(86,48(74)32-73)28-40-53(47)60(81)55-54(58(40)79)57(78)39-16-12-18-46(87-8)52(39)59(55)80/h9-12,14-16,18-22,33-35,41-45,47,51,56,73,77,79,81,86H,13,17,23-32H2,1-8H3,(H,66,82)(H,67,75)(H,68,83)(H,69,84)(H,70,85)/t35-,41-,42-,43-,44-,45-,47-,51-,56+,65-/m0/s1. The number of carbonyl (C=O) groups is 9. The van der Waals surface area contributed by atoms with E-state index >= 15 is 0 Å². The van der Waals surface area contributed by atoms with Crippen LogP contribution in [-0.4, -0.2) is 190 Å². The summed E-state index contributed by atoms with van der Waals surface area (Å²) in [5.74, 6) is -8.38. The lowest BCUT2D eigenvalue weighted by molar-refractivity contribution is -0.249. The number of nitrogens with zero attached hydrogens (tertiary/aromatic N) is 2. The zero-order valence-electron chi connectivity index (χ0n) is 51.3. The van der Waals surface area contributed by atoms with Crippen LogP contribution < -0.4 is 31.3 Å². The maximum atomic E-state index is 14.7. The van der Waals surface area contributed by atoms with Crippen LogP contribution in [0.4, 0.5) is 0 Å². The predicted octanol–water partition coefficient (Wildman–Crippen LogP) is 2.28. The van der Waals surface area contributed by atoms with Gasteiger partial charge in [0, 0.05) is 48.9 Å². The first kappa shape index (κ1) is 66.8. The molecule has 0 aromatic heterocycles. The third-order valence-corrected chi connectivity index (χ3v) is 16.7. The summed E-state index contributed by atoms with van der Waals surface area (Å²) in [4.78, 5) is 129. The molecule has 0 saturated carbocycles. The van der Waals surface area contributed by atoms with Gasteiger partial charge in [-0.2, -0.15) is 0 Å². The van der Waals surface area contributed by atoms with Crippen LogP contribution in [0.5, 0.6) is 17.2 Å². The van der Waals surface area contributed by atoms with E-state index in [0.717, 1.165) is 11.1 Å². The van der Waals surface area contributed by atoms with Gasteiger partial charge in [0.05, 0.1) is 55.1 Å². The summed E-state index contributed by atoms with van der Waals surface area (Å²) in [6.07, 6.45) is -6.03. The first-order valence-electron chi connectivity index (χ1n) is 30.0. The Morgan fingerprint density at radius 2 is 1.44 bits per heavy atom. The summed E-state index contributed by atoms with van der Waals surface area (Å²) in [7, 11) is 4.79. The Hall–Kier alpha value is -8.13. The number of benzene rings is 4. The second kappa shape index (κ2) is 28.6. The molecule has 0 spiro atoms. The number of nitrogens with one attached hydrogen (secondary N) is 5. The Balaban J connectivity index is 1.00. The van der Waals surface area contributed by atoms with Gasteiger partial charge in [-0.15, -0.1) is 0 Å². The summed E-state index contributed by atoms with van der Waals surface area (Å²) >= 11 is 0. The van der Waals surface area contributed by atoms with Crippen molar-refractivity contribution < 1.29 is 82.9 Å². The summed E-state index contributed by atoms with van der Waals surface area (Å²) in [6.45, 7) is 7.59. The minimum atomic E-state index is -2.46. The number of Topliss-reactive ketones (excluding diaryl/α,β-unsaturated/α-hetero) is 1. The highest BCUT2D eigenvalue weighted by atomic mass is 16.7. The highest BCUT2D eigenvalue weighted by molar-refractivity contribution is 6.31. The largest absolute Gasteiger partial charge is 0.507 e. The van der Waals surface area contributed by atoms with Crippen molar-refractivity contribution in [2.75, 3.05) is 47.4 Å². The number of fused-ring (bicyclic) bond motifs is 3. The van der Waals surface area contributed by atoms with Gasteiger partial charge >= 0.3 is 0 Å². The smallest absolute Gasteiger partial charge is 0.243 e. The number of amides is 6. The second-order valence-corrected chi connectivity index (χ2v) is 24.6. The molecule has 0 unspecified atom stereocenters. The van der Waals surface area contributed by atoms with Crippen LogP contribution in [0.3, 0.4) is 0 Å². The average molecular weight is 1230 g/mol. The fourth-order valence-electron chi connectivity index (χ4n) is 12.2. The van der Waals surface area contributed by atoms with Crippen LogP contribution >= 0.6 is 0 Å². The van der Waals surface area contributed by atoms with E-state index in [1.165, 1.54) is 37.1 Å². The van der Waals surface area contributed by atoms with E-state index in [1.54, 1.807) is 31.1 Å². The molecule has 2 saturated heterocycles. The normalized spacial score (nSPS) is 22.3. The molecule has 2 aliphatic heterocycles. The quantitative estimate of drug-likeness (QED) is 0.0396. The molecule has 6 amide bonds. The molecule has 8 rings (SSSR count).